The number of rotatable bonds is 2. The van der Waals surface area contributed by atoms with Gasteiger partial charge in [-0.05, 0) is 0 Å². The van der Waals surface area contributed by atoms with Gasteiger partial charge in [-0.1, -0.05) is 0 Å². The summed E-state index contributed by atoms with van der Waals surface area (Å²) in [6, 6.07) is 0. The predicted octanol–water partition coefficient (Wildman–Crippen LogP) is 0.515. The largest absolute Gasteiger partial charge is 0.458 e. The zero-order valence-electron chi connectivity index (χ0n) is 9.13. The summed E-state index contributed by atoms with van der Waals surface area (Å²) >= 11 is 0. The van der Waals surface area contributed by atoms with Gasteiger partial charge >= 0.3 is 18.2 Å². The van der Waals surface area contributed by atoms with Gasteiger partial charge in [0, 0.05) is 13.8 Å². The van der Waals surface area contributed by atoms with Crippen LogP contribution in [-0.4, -0.2) is 37.0 Å². The molecule has 1 rings (SSSR count). The van der Waals surface area contributed by atoms with E-state index in [4.69, 9.17) is 20.8 Å². The molecule has 1 aliphatic heterocycles. The maximum atomic E-state index is 10.9. The highest BCUT2D eigenvalue weighted by Crippen LogP contribution is 2.21. The average molecular weight is 227 g/mol. The molecular formula is C10H13NO5. The average Bonchev–Trinajstić information content (AvgIpc) is 2.19. The van der Waals surface area contributed by atoms with E-state index in [1.54, 1.807) is 0 Å². The van der Waals surface area contributed by atoms with Crippen molar-refractivity contribution >= 4 is 11.9 Å². The maximum Gasteiger partial charge on any atom is 0.331 e. The zero-order valence-corrected chi connectivity index (χ0v) is 9.13. The summed E-state index contributed by atoms with van der Waals surface area (Å²) in [7, 11) is 0. The molecule has 0 saturated carbocycles. The Hall–Kier alpha value is -1.61. The third kappa shape index (κ3) is 3.51. The molecule has 0 aromatic heterocycles. The van der Waals surface area contributed by atoms with Crippen molar-refractivity contribution in [1.82, 2.24) is 0 Å². The van der Waals surface area contributed by atoms with Crippen LogP contribution in [0.15, 0.2) is 0 Å². The highest BCUT2D eigenvalue weighted by molar-refractivity contribution is 5.67. The number of ether oxygens (including phenoxy) is 3. The third-order valence-corrected chi connectivity index (χ3v) is 2.08. The Bertz CT molecular complexity index is 322. The van der Waals surface area contributed by atoms with Gasteiger partial charge in [-0.15, -0.1) is 0 Å². The van der Waals surface area contributed by atoms with E-state index in [1.807, 2.05) is 0 Å². The summed E-state index contributed by atoms with van der Waals surface area (Å²) in [6.45, 7) is 9.44. The minimum absolute atomic E-state index is 0.0740. The standard InChI is InChI=1S/C10H13NO5/c1-6(12)15-8-4-10(11-3)14-5-9(8)16-7(2)13/h8-10H,4-5H2,1-2H3/t8-,9+,10+/m0/s1. The Balaban J connectivity index is 2.64. The number of nitrogens with zero attached hydrogens (tertiary/aromatic N) is 1. The lowest BCUT2D eigenvalue weighted by molar-refractivity contribution is -0.184. The summed E-state index contributed by atoms with van der Waals surface area (Å²) in [5.41, 5.74) is 0. The molecule has 0 spiro atoms. The first-order valence-corrected chi connectivity index (χ1v) is 4.85. The normalized spacial score (nSPS) is 28.9. The van der Waals surface area contributed by atoms with Crippen LogP contribution in [0, 0.1) is 6.57 Å². The lowest BCUT2D eigenvalue weighted by atomic mass is 10.1. The summed E-state index contributed by atoms with van der Waals surface area (Å²) in [5.74, 6) is -0.931. The second-order valence-electron chi connectivity index (χ2n) is 3.45. The molecule has 1 fully saturated rings. The van der Waals surface area contributed by atoms with Gasteiger partial charge in [0.15, 0.2) is 12.2 Å². The van der Waals surface area contributed by atoms with E-state index in [0.717, 1.165) is 0 Å². The van der Waals surface area contributed by atoms with Crippen LogP contribution in [0.25, 0.3) is 4.85 Å². The fourth-order valence-electron chi connectivity index (χ4n) is 1.48. The monoisotopic (exact) mass is 227 g/mol. The molecule has 0 aliphatic carbocycles. The molecule has 88 valence electrons. The molecule has 6 nitrogen and oxygen atoms in total. The number of carbonyl (C=O) groups is 2. The van der Waals surface area contributed by atoms with Crippen molar-refractivity contribution in [3.63, 3.8) is 0 Å². The van der Waals surface area contributed by atoms with Gasteiger partial charge < -0.3 is 14.2 Å². The van der Waals surface area contributed by atoms with Crippen molar-refractivity contribution in [3.05, 3.63) is 11.4 Å². The van der Waals surface area contributed by atoms with Gasteiger partial charge in [0.25, 0.3) is 0 Å². The van der Waals surface area contributed by atoms with E-state index in [0.29, 0.717) is 0 Å². The number of esters is 2. The lowest BCUT2D eigenvalue weighted by Gasteiger charge is -2.30. The Morgan fingerprint density at radius 1 is 1.25 bits per heavy atom. The van der Waals surface area contributed by atoms with E-state index in [1.165, 1.54) is 13.8 Å². The van der Waals surface area contributed by atoms with E-state index < -0.39 is 30.4 Å². The second kappa shape index (κ2) is 5.47. The molecule has 6 heteroatoms. The molecule has 1 heterocycles. The number of hydrogen-bond acceptors (Lipinski definition) is 5. The van der Waals surface area contributed by atoms with E-state index >= 15 is 0 Å². The molecule has 0 unspecified atom stereocenters. The van der Waals surface area contributed by atoms with E-state index in [-0.39, 0.29) is 13.0 Å². The molecule has 3 atom stereocenters. The molecule has 0 aromatic rings. The van der Waals surface area contributed by atoms with Crippen LogP contribution < -0.4 is 0 Å². The molecule has 0 bridgehead atoms. The predicted molar refractivity (Wildman–Crippen MR) is 52.1 cm³/mol. The van der Waals surface area contributed by atoms with Gasteiger partial charge in [0.05, 0.1) is 13.0 Å². The maximum absolute atomic E-state index is 10.9. The van der Waals surface area contributed by atoms with Crippen LogP contribution >= 0.6 is 0 Å². The summed E-state index contributed by atoms with van der Waals surface area (Å²) in [6.07, 6.45) is -1.65. The Morgan fingerprint density at radius 3 is 2.31 bits per heavy atom. The van der Waals surface area contributed by atoms with Crippen LogP contribution in [0.1, 0.15) is 20.3 Å². The number of carbonyl (C=O) groups excluding carboxylic acids is 2. The molecule has 1 aliphatic rings. The molecular weight excluding hydrogens is 214 g/mol. The van der Waals surface area contributed by atoms with Crippen molar-refractivity contribution in [2.45, 2.75) is 38.7 Å². The summed E-state index contributed by atoms with van der Waals surface area (Å²) < 4.78 is 15.1. The molecule has 0 amide bonds. The number of hydrogen-bond donors (Lipinski definition) is 0. The molecule has 0 radical (unpaired) electrons. The third-order valence-electron chi connectivity index (χ3n) is 2.08. The summed E-state index contributed by atoms with van der Waals surface area (Å²) in [5, 5.41) is 0. The van der Waals surface area contributed by atoms with Crippen LogP contribution in [0.3, 0.4) is 0 Å². The van der Waals surface area contributed by atoms with Crippen LogP contribution in [0.2, 0.25) is 0 Å². The van der Waals surface area contributed by atoms with Crippen molar-refractivity contribution in [1.29, 1.82) is 0 Å². The van der Waals surface area contributed by atoms with Gasteiger partial charge in [-0.3, -0.25) is 14.4 Å². The Kier molecular flexibility index (Phi) is 4.26. The van der Waals surface area contributed by atoms with Crippen molar-refractivity contribution < 1.29 is 23.8 Å². The summed E-state index contributed by atoms with van der Waals surface area (Å²) in [4.78, 5) is 24.9. The second-order valence-corrected chi connectivity index (χ2v) is 3.45. The highest BCUT2D eigenvalue weighted by atomic mass is 16.6. The van der Waals surface area contributed by atoms with Gasteiger partial charge in [0.1, 0.15) is 0 Å². The van der Waals surface area contributed by atoms with Gasteiger partial charge in [-0.25, -0.2) is 6.57 Å². The molecule has 1 saturated heterocycles. The lowest BCUT2D eigenvalue weighted by Crippen LogP contribution is -2.45. The van der Waals surface area contributed by atoms with Crippen LogP contribution in [0.4, 0.5) is 0 Å². The molecule has 0 aromatic carbocycles. The first kappa shape index (κ1) is 12.5. The van der Waals surface area contributed by atoms with Crippen molar-refractivity contribution in [2.24, 2.45) is 0 Å². The minimum atomic E-state index is -0.642. The van der Waals surface area contributed by atoms with Crippen LogP contribution in [-0.2, 0) is 23.8 Å². The first-order chi connectivity index (χ1) is 7.52. The van der Waals surface area contributed by atoms with Gasteiger partial charge in [-0.2, -0.15) is 0 Å². The van der Waals surface area contributed by atoms with E-state index in [2.05, 4.69) is 4.85 Å². The minimum Gasteiger partial charge on any atom is -0.458 e. The van der Waals surface area contributed by atoms with E-state index in [9.17, 15) is 9.59 Å². The fourth-order valence-corrected chi connectivity index (χ4v) is 1.48. The quantitative estimate of drug-likeness (QED) is 0.508. The van der Waals surface area contributed by atoms with Crippen molar-refractivity contribution in [2.75, 3.05) is 6.61 Å². The zero-order chi connectivity index (χ0) is 12.1. The highest BCUT2D eigenvalue weighted by Gasteiger charge is 2.38. The molecule has 0 N–H and O–H groups in total. The Morgan fingerprint density at radius 2 is 1.81 bits per heavy atom. The first-order valence-electron chi connectivity index (χ1n) is 4.85. The van der Waals surface area contributed by atoms with Crippen molar-refractivity contribution in [3.8, 4) is 0 Å². The SMILES string of the molecule is [C-]#[N+][C@H]1C[C@H](OC(C)=O)[C@H](OC(C)=O)CO1. The smallest absolute Gasteiger partial charge is 0.331 e. The Labute approximate surface area is 93.3 Å². The van der Waals surface area contributed by atoms with Gasteiger partial charge in [0.2, 0.25) is 0 Å². The molecule has 16 heavy (non-hydrogen) atoms. The fraction of sp³-hybridized carbons (Fsp3) is 0.700. The van der Waals surface area contributed by atoms with Crippen LogP contribution in [0.5, 0.6) is 0 Å². The topological polar surface area (TPSA) is 66.2 Å².